The number of hydrogen-bond donors (Lipinski definition) is 1. The highest BCUT2D eigenvalue weighted by atomic mass is 32.2. The van der Waals surface area contributed by atoms with Crippen LogP contribution in [0.3, 0.4) is 0 Å². The molecule has 1 atom stereocenters. The molecule has 2 heterocycles. The third kappa shape index (κ3) is 3.09. The fourth-order valence-corrected chi connectivity index (χ4v) is 4.42. The Labute approximate surface area is 147 Å². The van der Waals surface area contributed by atoms with E-state index in [1.165, 1.54) is 30.2 Å². The van der Waals surface area contributed by atoms with E-state index in [-0.39, 0.29) is 11.5 Å². The van der Waals surface area contributed by atoms with Gasteiger partial charge in [-0.25, -0.2) is 4.98 Å². The number of benzene rings is 1. The molecule has 3 rings (SSSR count). The maximum absolute atomic E-state index is 12.6. The summed E-state index contributed by atoms with van der Waals surface area (Å²) in [7, 11) is 1.34. The number of ether oxygens (including phenoxy) is 1. The molecule has 2 aromatic heterocycles. The van der Waals surface area contributed by atoms with Gasteiger partial charge < -0.3 is 9.72 Å². The summed E-state index contributed by atoms with van der Waals surface area (Å²) in [6.07, 6.45) is 0. The third-order valence-corrected chi connectivity index (χ3v) is 5.56. The lowest BCUT2D eigenvalue weighted by Gasteiger charge is -2.07. The standard InChI is InChI=1S/C17H16N2O3S2/c1-9-12(11-7-5-4-6-8-11)13-14(20)18-17(19-15(13)23-9)24-10(2)16(21)22-3/h4-8,10H,1-3H3,(H,18,19,20)/t10-/m1/s1. The summed E-state index contributed by atoms with van der Waals surface area (Å²) in [6.45, 7) is 3.70. The van der Waals surface area contributed by atoms with Crippen molar-refractivity contribution in [3.8, 4) is 11.1 Å². The number of hydrogen-bond acceptors (Lipinski definition) is 6. The molecule has 0 aliphatic heterocycles. The van der Waals surface area contributed by atoms with E-state index in [1.807, 2.05) is 37.3 Å². The summed E-state index contributed by atoms with van der Waals surface area (Å²) in [4.78, 5) is 33.2. The Kier molecular flexibility index (Phi) is 4.73. The normalized spacial score (nSPS) is 12.3. The van der Waals surface area contributed by atoms with Crippen LogP contribution >= 0.6 is 23.1 Å². The Morgan fingerprint density at radius 3 is 2.71 bits per heavy atom. The van der Waals surface area contributed by atoms with Crippen molar-refractivity contribution >= 4 is 39.3 Å². The largest absolute Gasteiger partial charge is 0.468 e. The number of carbonyl (C=O) groups is 1. The summed E-state index contributed by atoms with van der Waals surface area (Å²) < 4.78 is 4.71. The van der Waals surface area contributed by atoms with Crippen molar-refractivity contribution in [3.05, 3.63) is 45.6 Å². The first kappa shape index (κ1) is 16.7. The number of thiophene rings is 1. The van der Waals surface area contributed by atoms with Crippen LogP contribution in [-0.4, -0.2) is 28.3 Å². The Morgan fingerprint density at radius 1 is 1.33 bits per heavy atom. The second-order valence-corrected chi connectivity index (χ2v) is 7.77. The van der Waals surface area contributed by atoms with E-state index in [9.17, 15) is 9.59 Å². The van der Waals surface area contributed by atoms with Crippen molar-refractivity contribution in [1.82, 2.24) is 9.97 Å². The van der Waals surface area contributed by atoms with E-state index in [0.29, 0.717) is 15.4 Å². The molecule has 0 saturated carbocycles. The summed E-state index contributed by atoms with van der Waals surface area (Å²) in [5.41, 5.74) is 1.72. The van der Waals surface area contributed by atoms with Crippen LogP contribution in [-0.2, 0) is 9.53 Å². The second-order valence-electron chi connectivity index (χ2n) is 5.23. The van der Waals surface area contributed by atoms with Gasteiger partial charge in [0.05, 0.1) is 12.5 Å². The summed E-state index contributed by atoms with van der Waals surface area (Å²) >= 11 is 2.66. The monoisotopic (exact) mass is 360 g/mol. The smallest absolute Gasteiger partial charge is 0.318 e. The SMILES string of the molecule is COC(=O)[C@@H](C)Sc1nc2sc(C)c(-c3ccccc3)c2c(=O)[nH]1. The minimum Gasteiger partial charge on any atom is -0.468 e. The quantitative estimate of drug-likeness (QED) is 0.437. The predicted molar refractivity (Wildman–Crippen MR) is 97.7 cm³/mol. The lowest BCUT2D eigenvalue weighted by molar-refractivity contribution is -0.139. The van der Waals surface area contributed by atoms with Crippen LogP contribution in [0.15, 0.2) is 40.3 Å². The minimum atomic E-state index is -0.440. The first-order valence-corrected chi connectivity index (χ1v) is 9.04. The van der Waals surface area contributed by atoms with Gasteiger partial charge in [-0.2, -0.15) is 0 Å². The Bertz CT molecular complexity index is 948. The van der Waals surface area contributed by atoms with Crippen LogP contribution in [0.25, 0.3) is 21.3 Å². The maximum Gasteiger partial charge on any atom is 0.318 e. The maximum atomic E-state index is 12.6. The molecular weight excluding hydrogens is 344 g/mol. The molecule has 0 aliphatic carbocycles. The number of aryl methyl sites for hydroxylation is 1. The summed E-state index contributed by atoms with van der Waals surface area (Å²) in [6, 6.07) is 9.80. The van der Waals surface area contributed by atoms with Crippen LogP contribution in [0.2, 0.25) is 0 Å². The molecule has 5 nitrogen and oxygen atoms in total. The van der Waals surface area contributed by atoms with E-state index >= 15 is 0 Å². The Balaban J connectivity index is 2.09. The van der Waals surface area contributed by atoms with Gasteiger partial charge in [-0.15, -0.1) is 11.3 Å². The summed E-state index contributed by atoms with van der Waals surface area (Å²) in [5.74, 6) is -0.352. The molecule has 0 saturated heterocycles. The fraction of sp³-hybridized carbons (Fsp3) is 0.235. The topological polar surface area (TPSA) is 72.0 Å². The van der Waals surface area contributed by atoms with E-state index in [1.54, 1.807) is 6.92 Å². The molecule has 124 valence electrons. The minimum absolute atomic E-state index is 0.192. The third-order valence-electron chi connectivity index (χ3n) is 3.60. The number of thioether (sulfide) groups is 1. The van der Waals surface area contributed by atoms with Crippen molar-refractivity contribution < 1.29 is 9.53 Å². The molecule has 7 heteroatoms. The van der Waals surface area contributed by atoms with Crippen molar-refractivity contribution in [2.45, 2.75) is 24.3 Å². The van der Waals surface area contributed by atoms with Gasteiger partial charge in [0.1, 0.15) is 10.1 Å². The van der Waals surface area contributed by atoms with Crippen LogP contribution in [0.1, 0.15) is 11.8 Å². The first-order valence-electron chi connectivity index (χ1n) is 7.34. The number of H-pyrrole nitrogens is 1. The molecular formula is C17H16N2O3S2. The average molecular weight is 360 g/mol. The fourth-order valence-electron chi connectivity index (χ4n) is 2.49. The van der Waals surface area contributed by atoms with Gasteiger partial charge in [-0.1, -0.05) is 42.1 Å². The molecule has 3 aromatic rings. The number of methoxy groups -OCH3 is 1. The number of fused-ring (bicyclic) bond motifs is 1. The van der Waals surface area contributed by atoms with Crippen LogP contribution in [0.4, 0.5) is 0 Å². The molecule has 0 radical (unpaired) electrons. The van der Waals surface area contributed by atoms with Gasteiger partial charge in [0.2, 0.25) is 0 Å². The number of rotatable bonds is 4. The van der Waals surface area contributed by atoms with E-state index in [2.05, 4.69) is 9.97 Å². The van der Waals surface area contributed by atoms with E-state index in [4.69, 9.17) is 4.74 Å². The van der Waals surface area contributed by atoms with E-state index < -0.39 is 5.25 Å². The number of esters is 1. The zero-order chi connectivity index (χ0) is 17.3. The van der Waals surface area contributed by atoms with Crippen LogP contribution in [0.5, 0.6) is 0 Å². The molecule has 0 unspecified atom stereocenters. The highest BCUT2D eigenvalue weighted by molar-refractivity contribution is 8.00. The lowest BCUT2D eigenvalue weighted by atomic mass is 10.0. The van der Waals surface area contributed by atoms with Gasteiger partial charge in [0.15, 0.2) is 5.16 Å². The number of nitrogens with zero attached hydrogens (tertiary/aromatic N) is 1. The van der Waals surface area contributed by atoms with Crippen molar-refractivity contribution in [2.24, 2.45) is 0 Å². The zero-order valence-corrected chi connectivity index (χ0v) is 15.1. The number of aromatic amines is 1. The van der Waals surface area contributed by atoms with Crippen LogP contribution in [0, 0.1) is 6.92 Å². The zero-order valence-electron chi connectivity index (χ0n) is 13.5. The molecule has 1 N–H and O–H groups in total. The predicted octanol–water partition coefficient (Wildman–Crippen LogP) is 3.61. The molecule has 0 bridgehead atoms. The molecule has 0 spiro atoms. The molecule has 0 aliphatic rings. The molecule has 1 aromatic carbocycles. The lowest BCUT2D eigenvalue weighted by Crippen LogP contribution is -2.16. The highest BCUT2D eigenvalue weighted by Crippen LogP contribution is 2.36. The van der Waals surface area contributed by atoms with Gasteiger partial charge in [-0.05, 0) is 19.4 Å². The van der Waals surface area contributed by atoms with Crippen molar-refractivity contribution in [1.29, 1.82) is 0 Å². The van der Waals surface area contributed by atoms with E-state index in [0.717, 1.165) is 16.0 Å². The average Bonchev–Trinajstić information content (AvgIpc) is 2.91. The summed E-state index contributed by atoms with van der Waals surface area (Å²) in [5, 5.41) is 0.579. The molecule has 0 amide bonds. The molecule has 0 fully saturated rings. The number of carbonyl (C=O) groups excluding carboxylic acids is 1. The van der Waals surface area contributed by atoms with Crippen molar-refractivity contribution in [2.75, 3.05) is 7.11 Å². The Hall–Kier alpha value is -2.12. The Morgan fingerprint density at radius 2 is 2.04 bits per heavy atom. The highest BCUT2D eigenvalue weighted by Gasteiger charge is 2.20. The van der Waals surface area contributed by atoms with Gasteiger partial charge in [-0.3, -0.25) is 9.59 Å². The van der Waals surface area contributed by atoms with Crippen molar-refractivity contribution in [3.63, 3.8) is 0 Å². The van der Waals surface area contributed by atoms with Gasteiger partial charge in [0, 0.05) is 10.4 Å². The number of aromatic nitrogens is 2. The van der Waals surface area contributed by atoms with Gasteiger partial charge in [0.25, 0.3) is 5.56 Å². The van der Waals surface area contributed by atoms with Crippen LogP contribution < -0.4 is 5.56 Å². The number of nitrogens with one attached hydrogen (secondary N) is 1. The van der Waals surface area contributed by atoms with Gasteiger partial charge >= 0.3 is 5.97 Å². The second kappa shape index (κ2) is 6.78. The first-order chi connectivity index (χ1) is 11.5. The molecule has 24 heavy (non-hydrogen) atoms.